The molecule has 0 unspecified atom stereocenters. The van der Waals surface area contributed by atoms with Gasteiger partial charge in [0.2, 0.25) is 5.95 Å². The second-order valence-electron chi connectivity index (χ2n) is 6.17. The largest absolute Gasteiger partial charge is 0.344 e. The van der Waals surface area contributed by atoms with Crippen molar-refractivity contribution < 1.29 is 0 Å². The maximum Gasteiger partial charge on any atom is 0.225 e. The molecule has 2 aliphatic rings. The number of hydrogen-bond acceptors (Lipinski definition) is 3. The van der Waals surface area contributed by atoms with Crippen LogP contribution >= 0.6 is 12.2 Å². The summed E-state index contributed by atoms with van der Waals surface area (Å²) in [6.45, 7) is 1.12. The van der Waals surface area contributed by atoms with E-state index in [-0.39, 0.29) is 0 Å². The monoisotopic (exact) mass is 280 g/mol. The lowest BCUT2D eigenvalue weighted by atomic mass is 9.85. The molecule has 5 heteroatoms. The number of H-pyrrole nitrogens is 1. The maximum atomic E-state index is 5.45. The number of anilines is 1. The number of aromatic nitrogens is 3. The summed E-state index contributed by atoms with van der Waals surface area (Å²) in [4.78, 5) is 2.30. The molecule has 2 fully saturated rings. The quantitative estimate of drug-likeness (QED) is 0.855. The van der Waals surface area contributed by atoms with Crippen molar-refractivity contribution >= 4 is 18.2 Å². The van der Waals surface area contributed by atoms with Gasteiger partial charge in [0.05, 0.1) is 0 Å². The lowest BCUT2D eigenvalue weighted by Crippen LogP contribution is -2.32. The van der Waals surface area contributed by atoms with Gasteiger partial charge >= 0.3 is 0 Å². The molecule has 0 bridgehead atoms. The summed E-state index contributed by atoms with van der Waals surface area (Å²) in [6.07, 6.45) is 10.7. The summed E-state index contributed by atoms with van der Waals surface area (Å²) in [6, 6.07) is 0.554. The summed E-state index contributed by atoms with van der Waals surface area (Å²) in [5.74, 6) is 1.90. The molecule has 1 aromatic rings. The molecular formula is C14H24N4S. The molecule has 0 amide bonds. The van der Waals surface area contributed by atoms with Crippen LogP contribution in [0.5, 0.6) is 0 Å². The Labute approximate surface area is 120 Å². The van der Waals surface area contributed by atoms with Gasteiger partial charge in [-0.15, -0.1) is 5.10 Å². The van der Waals surface area contributed by atoms with E-state index in [0.717, 1.165) is 23.2 Å². The Balaban J connectivity index is 1.78. The zero-order valence-corrected chi connectivity index (χ0v) is 12.6. The van der Waals surface area contributed by atoms with E-state index in [1.807, 2.05) is 0 Å². The van der Waals surface area contributed by atoms with Crippen LogP contribution in [-0.4, -0.2) is 28.4 Å². The van der Waals surface area contributed by atoms with Gasteiger partial charge in [-0.25, -0.2) is 5.10 Å². The van der Waals surface area contributed by atoms with Crippen LogP contribution in [0.3, 0.4) is 0 Å². The van der Waals surface area contributed by atoms with E-state index in [4.69, 9.17) is 12.2 Å². The van der Waals surface area contributed by atoms with Crippen LogP contribution < -0.4 is 4.90 Å². The molecule has 0 saturated heterocycles. The first kappa shape index (κ1) is 13.2. The Morgan fingerprint density at radius 2 is 1.95 bits per heavy atom. The Hall–Kier alpha value is -0.840. The zero-order chi connectivity index (χ0) is 13.2. The average Bonchev–Trinajstić information content (AvgIpc) is 2.77. The third-order valence-corrected chi connectivity index (χ3v) is 5.01. The first-order valence-corrected chi connectivity index (χ1v) is 8.04. The number of nitrogens with one attached hydrogen (secondary N) is 1. The van der Waals surface area contributed by atoms with Gasteiger partial charge in [-0.05, 0) is 43.8 Å². The Morgan fingerprint density at radius 1 is 1.21 bits per heavy atom. The minimum atomic E-state index is 0.554. The molecule has 4 nitrogen and oxygen atoms in total. The van der Waals surface area contributed by atoms with Crippen LogP contribution in [0.2, 0.25) is 0 Å². The van der Waals surface area contributed by atoms with Crippen LogP contribution in [-0.2, 0) is 0 Å². The van der Waals surface area contributed by atoms with E-state index in [1.165, 1.54) is 51.4 Å². The lowest BCUT2D eigenvalue weighted by Gasteiger charge is -2.32. The number of aromatic amines is 1. The highest BCUT2D eigenvalue weighted by molar-refractivity contribution is 7.71. The number of hydrogen-bond donors (Lipinski definition) is 1. The van der Waals surface area contributed by atoms with E-state index >= 15 is 0 Å². The molecule has 0 atom stereocenters. The van der Waals surface area contributed by atoms with E-state index in [0.29, 0.717) is 6.04 Å². The summed E-state index contributed by atoms with van der Waals surface area (Å²) in [7, 11) is 2.16. The van der Waals surface area contributed by atoms with Gasteiger partial charge in [-0.2, -0.15) is 0 Å². The fraction of sp³-hybridized carbons (Fsp3) is 0.857. The van der Waals surface area contributed by atoms with Gasteiger partial charge in [0.15, 0.2) is 4.77 Å². The Kier molecular flexibility index (Phi) is 3.91. The van der Waals surface area contributed by atoms with Crippen molar-refractivity contribution in [2.75, 3.05) is 18.5 Å². The summed E-state index contributed by atoms with van der Waals surface area (Å²) in [5, 5.41) is 7.47. The van der Waals surface area contributed by atoms with Gasteiger partial charge in [-0.3, -0.25) is 4.57 Å². The summed E-state index contributed by atoms with van der Waals surface area (Å²) >= 11 is 5.45. The standard InChI is InChI=1S/C14H24N4S/c1-17(10-11-6-5-7-11)13-15-16-14(19)18(13)12-8-3-2-4-9-12/h11-12H,2-10H2,1H3,(H,16,19). The normalized spacial score (nSPS) is 21.3. The highest BCUT2D eigenvalue weighted by atomic mass is 32.1. The SMILES string of the molecule is CN(CC1CCC1)c1n[nH]c(=S)n1C1CCCCC1. The maximum absolute atomic E-state index is 5.45. The molecule has 19 heavy (non-hydrogen) atoms. The third kappa shape index (κ3) is 2.71. The molecule has 0 aliphatic heterocycles. The molecule has 1 heterocycles. The summed E-state index contributed by atoms with van der Waals surface area (Å²) in [5.41, 5.74) is 0. The minimum absolute atomic E-state index is 0.554. The van der Waals surface area contributed by atoms with Gasteiger partial charge in [0, 0.05) is 19.6 Å². The lowest BCUT2D eigenvalue weighted by molar-refractivity contribution is 0.315. The van der Waals surface area contributed by atoms with E-state index in [9.17, 15) is 0 Å². The smallest absolute Gasteiger partial charge is 0.225 e. The van der Waals surface area contributed by atoms with Crippen molar-refractivity contribution in [3.8, 4) is 0 Å². The van der Waals surface area contributed by atoms with Crippen LogP contribution in [0.4, 0.5) is 5.95 Å². The molecular weight excluding hydrogens is 256 g/mol. The van der Waals surface area contributed by atoms with Crippen molar-refractivity contribution in [1.82, 2.24) is 14.8 Å². The molecule has 3 rings (SSSR count). The number of nitrogens with zero attached hydrogens (tertiary/aromatic N) is 3. The van der Waals surface area contributed by atoms with Crippen LogP contribution in [0, 0.1) is 10.7 Å². The van der Waals surface area contributed by atoms with E-state index < -0.39 is 0 Å². The van der Waals surface area contributed by atoms with E-state index in [2.05, 4.69) is 26.7 Å². The fourth-order valence-corrected chi connectivity index (χ4v) is 3.65. The highest BCUT2D eigenvalue weighted by Gasteiger charge is 2.24. The zero-order valence-electron chi connectivity index (χ0n) is 11.8. The third-order valence-electron chi connectivity index (χ3n) is 4.72. The molecule has 2 aliphatic carbocycles. The molecule has 1 aromatic heterocycles. The van der Waals surface area contributed by atoms with Gasteiger partial charge in [-0.1, -0.05) is 25.7 Å². The van der Waals surface area contributed by atoms with Gasteiger partial charge < -0.3 is 4.90 Å². The number of rotatable bonds is 4. The first-order valence-electron chi connectivity index (χ1n) is 7.64. The van der Waals surface area contributed by atoms with Crippen molar-refractivity contribution in [2.24, 2.45) is 5.92 Å². The second-order valence-corrected chi connectivity index (χ2v) is 6.55. The van der Waals surface area contributed by atoms with Crippen molar-refractivity contribution in [3.63, 3.8) is 0 Å². The summed E-state index contributed by atoms with van der Waals surface area (Å²) < 4.78 is 3.06. The van der Waals surface area contributed by atoms with Crippen molar-refractivity contribution in [2.45, 2.75) is 57.4 Å². The predicted molar refractivity (Wildman–Crippen MR) is 80.1 cm³/mol. The van der Waals surface area contributed by atoms with Crippen LogP contribution in [0.25, 0.3) is 0 Å². The van der Waals surface area contributed by atoms with E-state index in [1.54, 1.807) is 0 Å². The first-order chi connectivity index (χ1) is 9.25. The van der Waals surface area contributed by atoms with Crippen molar-refractivity contribution in [1.29, 1.82) is 0 Å². The molecule has 106 valence electrons. The molecule has 0 radical (unpaired) electrons. The van der Waals surface area contributed by atoms with Crippen LogP contribution in [0.15, 0.2) is 0 Å². The molecule has 0 spiro atoms. The Bertz CT molecular complexity index is 468. The molecule has 0 aromatic carbocycles. The van der Waals surface area contributed by atoms with Crippen molar-refractivity contribution in [3.05, 3.63) is 4.77 Å². The van der Waals surface area contributed by atoms with Gasteiger partial charge in [0.25, 0.3) is 0 Å². The Morgan fingerprint density at radius 3 is 2.58 bits per heavy atom. The minimum Gasteiger partial charge on any atom is -0.344 e. The topological polar surface area (TPSA) is 36.9 Å². The molecule has 1 N–H and O–H groups in total. The average molecular weight is 280 g/mol. The highest BCUT2D eigenvalue weighted by Crippen LogP contribution is 2.32. The van der Waals surface area contributed by atoms with Crippen LogP contribution in [0.1, 0.15) is 57.4 Å². The second kappa shape index (κ2) is 5.65. The fourth-order valence-electron chi connectivity index (χ4n) is 3.38. The predicted octanol–water partition coefficient (Wildman–Crippen LogP) is 3.68. The van der Waals surface area contributed by atoms with Gasteiger partial charge in [0.1, 0.15) is 0 Å². The molecule has 2 saturated carbocycles.